The van der Waals surface area contributed by atoms with E-state index in [2.05, 4.69) is 10.4 Å². The molecule has 0 bridgehead atoms. The minimum Gasteiger partial charge on any atom is -0.454 e. The van der Waals surface area contributed by atoms with E-state index < -0.39 is 0 Å². The van der Waals surface area contributed by atoms with Crippen LogP contribution in [0.2, 0.25) is 0 Å². The number of anilines is 1. The molecule has 22 heavy (non-hydrogen) atoms. The van der Waals surface area contributed by atoms with E-state index >= 15 is 0 Å². The highest BCUT2D eigenvalue weighted by Crippen LogP contribution is 2.36. The predicted molar refractivity (Wildman–Crippen MR) is 80.4 cm³/mol. The Bertz CT molecular complexity index is 885. The molecule has 4 rings (SSSR count). The van der Waals surface area contributed by atoms with Crippen LogP contribution in [0.5, 0.6) is 11.5 Å². The monoisotopic (exact) mass is 295 g/mol. The van der Waals surface area contributed by atoms with Crippen LogP contribution >= 0.6 is 0 Å². The van der Waals surface area contributed by atoms with E-state index in [4.69, 9.17) is 9.47 Å². The molecule has 6 nitrogen and oxygen atoms in total. The van der Waals surface area contributed by atoms with Crippen LogP contribution in [-0.2, 0) is 0 Å². The maximum Gasteiger partial charge on any atom is 0.259 e. The first-order valence-corrected chi connectivity index (χ1v) is 6.86. The topological polar surface area (TPSA) is 64.9 Å². The highest BCUT2D eigenvalue weighted by atomic mass is 16.7. The Balaban J connectivity index is 1.68. The average Bonchev–Trinajstić information content (AvgIpc) is 3.13. The summed E-state index contributed by atoms with van der Waals surface area (Å²) in [5, 5.41) is 7.08. The van der Waals surface area contributed by atoms with Crippen molar-refractivity contribution >= 4 is 17.1 Å². The Labute approximate surface area is 126 Å². The van der Waals surface area contributed by atoms with Crippen LogP contribution < -0.4 is 14.8 Å². The van der Waals surface area contributed by atoms with Crippen molar-refractivity contribution in [3.05, 3.63) is 53.9 Å². The first-order chi connectivity index (χ1) is 10.7. The summed E-state index contributed by atoms with van der Waals surface area (Å²) in [6, 6.07) is 9.23. The molecule has 0 saturated carbocycles. The summed E-state index contributed by atoms with van der Waals surface area (Å²) in [5.74, 6) is 1.13. The van der Waals surface area contributed by atoms with Gasteiger partial charge in [-0.25, -0.2) is 4.52 Å². The Morgan fingerprint density at radius 2 is 2.09 bits per heavy atom. The zero-order valence-electron chi connectivity index (χ0n) is 11.9. The van der Waals surface area contributed by atoms with Crippen LogP contribution in [0.4, 0.5) is 5.69 Å². The number of amides is 1. The van der Waals surface area contributed by atoms with E-state index in [0.717, 1.165) is 11.1 Å². The van der Waals surface area contributed by atoms with Crippen LogP contribution in [0.25, 0.3) is 5.52 Å². The molecular weight excluding hydrogens is 282 g/mol. The molecule has 110 valence electrons. The van der Waals surface area contributed by atoms with Crippen molar-refractivity contribution < 1.29 is 14.3 Å². The van der Waals surface area contributed by atoms with Crippen molar-refractivity contribution in [3.63, 3.8) is 0 Å². The van der Waals surface area contributed by atoms with Crippen LogP contribution in [0.15, 0.2) is 42.7 Å². The number of nitrogens with zero attached hydrogens (tertiary/aromatic N) is 2. The van der Waals surface area contributed by atoms with Gasteiger partial charge in [0, 0.05) is 18.0 Å². The third kappa shape index (κ3) is 1.96. The fourth-order valence-corrected chi connectivity index (χ4v) is 2.48. The molecule has 0 atom stereocenters. The first kappa shape index (κ1) is 12.7. The van der Waals surface area contributed by atoms with Crippen molar-refractivity contribution in [2.45, 2.75) is 6.92 Å². The fraction of sp³-hybridized carbons (Fsp3) is 0.125. The highest BCUT2D eigenvalue weighted by molar-refractivity contribution is 6.09. The number of aryl methyl sites for hydroxylation is 1. The summed E-state index contributed by atoms with van der Waals surface area (Å²) in [7, 11) is 0. The third-order valence-electron chi connectivity index (χ3n) is 3.64. The summed E-state index contributed by atoms with van der Waals surface area (Å²) in [6.07, 6.45) is 3.37. The quantitative estimate of drug-likeness (QED) is 0.789. The lowest BCUT2D eigenvalue weighted by Crippen LogP contribution is -2.12. The molecule has 3 heterocycles. The first-order valence-electron chi connectivity index (χ1n) is 6.86. The van der Waals surface area contributed by atoms with Gasteiger partial charge in [-0.3, -0.25) is 4.79 Å². The number of fused-ring (bicyclic) bond motifs is 2. The second kappa shape index (κ2) is 4.77. The normalized spacial score (nSPS) is 12.6. The molecule has 6 heteroatoms. The molecule has 1 amide bonds. The second-order valence-corrected chi connectivity index (χ2v) is 5.06. The van der Waals surface area contributed by atoms with E-state index in [9.17, 15) is 4.79 Å². The van der Waals surface area contributed by atoms with Gasteiger partial charge >= 0.3 is 0 Å². The van der Waals surface area contributed by atoms with Crippen molar-refractivity contribution in [1.29, 1.82) is 0 Å². The van der Waals surface area contributed by atoms with Crippen molar-refractivity contribution in [3.8, 4) is 11.5 Å². The molecule has 0 unspecified atom stereocenters. The Morgan fingerprint density at radius 3 is 2.95 bits per heavy atom. The molecule has 3 aromatic rings. The lowest BCUT2D eigenvalue weighted by Gasteiger charge is -2.09. The smallest absolute Gasteiger partial charge is 0.259 e. The van der Waals surface area contributed by atoms with Crippen molar-refractivity contribution in [2.24, 2.45) is 0 Å². The number of benzene rings is 1. The Hall–Kier alpha value is -3.02. The summed E-state index contributed by atoms with van der Waals surface area (Å²) >= 11 is 0. The maximum atomic E-state index is 12.5. The molecule has 0 fully saturated rings. The number of carbonyl (C=O) groups excluding carboxylic acids is 1. The van der Waals surface area contributed by atoms with Gasteiger partial charge in [0.15, 0.2) is 11.5 Å². The Kier molecular flexibility index (Phi) is 2.75. The molecule has 0 radical (unpaired) electrons. The van der Waals surface area contributed by atoms with E-state index in [-0.39, 0.29) is 12.7 Å². The molecule has 1 N–H and O–H groups in total. The van der Waals surface area contributed by atoms with Gasteiger partial charge in [-0.15, -0.1) is 0 Å². The minimum absolute atomic E-state index is 0.205. The lowest BCUT2D eigenvalue weighted by molar-refractivity contribution is 0.102. The molecule has 1 aliphatic rings. The molecule has 1 aliphatic heterocycles. The van der Waals surface area contributed by atoms with Gasteiger partial charge in [0.1, 0.15) is 0 Å². The molecule has 0 spiro atoms. The van der Waals surface area contributed by atoms with Gasteiger partial charge in [0.05, 0.1) is 17.3 Å². The molecular formula is C16H13N3O3. The minimum atomic E-state index is -0.205. The summed E-state index contributed by atoms with van der Waals surface area (Å²) in [4.78, 5) is 12.5. The predicted octanol–water partition coefficient (Wildman–Crippen LogP) is 2.62. The molecule has 0 saturated heterocycles. The van der Waals surface area contributed by atoms with Gasteiger partial charge in [0.25, 0.3) is 5.91 Å². The van der Waals surface area contributed by atoms with Gasteiger partial charge in [-0.05, 0) is 30.7 Å². The number of aromatic nitrogens is 2. The fourth-order valence-electron chi connectivity index (χ4n) is 2.48. The maximum absolute atomic E-state index is 12.5. The number of carbonyl (C=O) groups is 1. The van der Waals surface area contributed by atoms with Crippen molar-refractivity contribution in [2.75, 3.05) is 12.1 Å². The van der Waals surface area contributed by atoms with Crippen LogP contribution in [0.1, 0.15) is 15.9 Å². The highest BCUT2D eigenvalue weighted by Gasteiger charge is 2.18. The number of ether oxygens (including phenoxy) is 2. The molecule has 1 aromatic carbocycles. The van der Waals surface area contributed by atoms with E-state index in [1.807, 2.05) is 31.2 Å². The molecule has 2 aromatic heterocycles. The zero-order valence-corrected chi connectivity index (χ0v) is 11.9. The third-order valence-corrected chi connectivity index (χ3v) is 3.64. The van der Waals surface area contributed by atoms with Gasteiger partial charge < -0.3 is 14.8 Å². The van der Waals surface area contributed by atoms with Gasteiger partial charge in [0.2, 0.25) is 6.79 Å². The van der Waals surface area contributed by atoms with Gasteiger partial charge in [-0.2, -0.15) is 5.10 Å². The number of hydrogen-bond acceptors (Lipinski definition) is 4. The van der Waals surface area contributed by atoms with E-state index in [1.165, 1.54) is 0 Å². The van der Waals surface area contributed by atoms with Gasteiger partial charge in [-0.1, -0.05) is 6.07 Å². The average molecular weight is 295 g/mol. The van der Waals surface area contributed by atoms with Crippen molar-refractivity contribution in [1.82, 2.24) is 9.61 Å². The van der Waals surface area contributed by atoms with E-state index in [1.54, 1.807) is 23.0 Å². The number of rotatable bonds is 2. The number of nitrogens with one attached hydrogen (secondary N) is 1. The summed E-state index contributed by atoms with van der Waals surface area (Å²) in [6.45, 7) is 2.12. The van der Waals surface area contributed by atoms with E-state index in [0.29, 0.717) is 22.7 Å². The zero-order chi connectivity index (χ0) is 15.1. The largest absolute Gasteiger partial charge is 0.454 e. The SMILES string of the molecule is Cc1cc2c(cc1NC(=O)c1cnn3ccccc13)OCO2. The lowest BCUT2D eigenvalue weighted by atomic mass is 10.1. The second-order valence-electron chi connectivity index (χ2n) is 5.06. The number of hydrogen-bond donors (Lipinski definition) is 1. The van der Waals surface area contributed by atoms with Crippen LogP contribution in [-0.4, -0.2) is 22.3 Å². The number of pyridine rings is 1. The van der Waals surface area contributed by atoms with Crippen LogP contribution in [0, 0.1) is 6.92 Å². The molecule has 0 aliphatic carbocycles. The summed E-state index contributed by atoms with van der Waals surface area (Å²) < 4.78 is 12.3. The summed E-state index contributed by atoms with van der Waals surface area (Å²) in [5.41, 5.74) is 2.90. The standard InChI is InChI=1S/C16H13N3O3/c1-10-6-14-15(22-9-21-14)7-12(10)18-16(20)11-8-17-19-5-3-2-4-13(11)19/h2-8H,9H2,1H3,(H,18,20). The van der Waals surface area contributed by atoms with Crippen LogP contribution in [0.3, 0.4) is 0 Å². The Morgan fingerprint density at radius 1 is 1.27 bits per heavy atom.